The Bertz CT molecular complexity index is 485. The molecule has 0 bridgehead atoms. The summed E-state index contributed by atoms with van der Waals surface area (Å²) in [5.41, 5.74) is 0. The van der Waals surface area contributed by atoms with Crippen LogP contribution in [0.25, 0.3) is 0 Å². The predicted octanol–water partition coefficient (Wildman–Crippen LogP) is 1.84. The highest BCUT2D eigenvalue weighted by molar-refractivity contribution is 7.87. The fraction of sp³-hybridized carbons (Fsp3) is 0.750. The number of hydrogen-bond acceptors (Lipinski definition) is 3. The Hall–Kier alpha value is -0.750. The molecule has 7 heteroatoms. The van der Waals surface area contributed by atoms with E-state index in [-0.39, 0.29) is 5.75 Å². The summed E-state index contributed by atoms with van der Waals surface area (Å²) in [5, 5.41) is 0. The molecule has 19 heavy (non-hydrogen) atoms. The van der Waals surface area contributed by atoms with E-state index in [0.717, 1.165) is 19.4 Å². The van der Waals surface area contributed by atoms with Gasteiger partial charge >= 0.3 is 16.1 Å². The van der Waals surface area contributed by atoms with Crippen LogP contribution in [0.3, 0.4) is 0 Å². The van der Waals surface area contributed by atoms with E-state index in [4.69, 9.17) is 15.8 Å². The van der Waals surface area contributed by atoms with E-state index in [2.05, 4.69) is 6.92 Å². The van der Waals surface area contributed by atoms with Crippen molar-refractivity contribution in [3.05, 3.63) is 12.4 Å². The summed E-state index contributed by atoms with van der Waals surface area (Å²) in [5.74, 6) is 0.467. The first-order chi connectivity index (χ1) is 9.00. The molecule has 0 N–H and O–H groups in total. The molecule has 0 atom stereocenters. The van der Waals surface area contributed by atoms with Gasteiger partial charge in [0.05, 0.1) is 19.3 Å². The SMILES string of the molecule is CCCCn1cc[n+](C)c1OS(=O)(=O)CCCCCl. The number of nitrogens with zero attached hydrogens (tertiary/aromatic N) is 2. The standard InChI is InChI=1S/C12H22ClN2O3S/c1-3-4-8-15-10-9-14(2)12(15)18-19(16,17)11-6-5-7-13/h9-10H,3-8,11H2,1-2H3/q+1. The molecular formula is C12H22ClN2O3S+. The molecule has 0 saturated carbocycles. The zero-order valence-corrected chi connectivity index (χ0v) is 13.1. The normalized spacial score (nSPS) is 11.7. The molecule has 1 rings (SSSR count). The second-order valence-electron chi connectivity index (χ2n) is 4.48. The lowest BCUT2D eigenvalue weighted by Gasteiger charge is -2.05. The molecule has 0 radical (unpaired) electrons. The van der Waals surface area contributed by atoms with Crippen molar-refractivity contribution in [1.82, 2.24) is 4.57 Å². The van der Waals surface area contributed by atoms with Crippen LogP contribution in [0.1, 0.15) is 32.6 Å². The number of imidazole rings is 1. The zero-order chi connectivity index (χ0) is 14.3. The first-order valence-corrected chi connectivity index (χ1v) is 8.64. The number of hydrogen-bond donors (Lipinski definition) is 0. The average molecular weight is 310 g/mol. The van der Waals surface area contributed by atoms with Crippen LogP contribution in [-0.2, 0) is 23.7 Å². The maximum Gasteiger partial charge on any atom is 0.471 e. The zero-order valence-electron chi connectivity index (χ0n) is 11.5. The van der Waals surface area contributed by atoms with E-state index in [0.29, 0.717) is 24.7 Å². The van der Waals surface area contributed by atoms with E-state index in [1.54, 1.807) is 17.8 Å². The van der Waals surface area contributed by atoms with Gasteiger partial charge in [-0.1, -0.05) is 13.3 Å². The average Bonchev–Trinajstić information content (AvgIpc) is 2.68. The summed E-state index contributed by atoms with van der Waals surface area (Å²) in [4.78, 5) is 0. The monoisotopic (exact) mass is 309 g/mol. The second kappa shape index (κ2) is 7.75. The molecule has 0 aliphatic rings. The smallest absolute Gasteiger partial charge is 0.308 e. The third-order valence-electron chi connectivity index (χ3n) is 2.75. The van der Waals surface area contributed by atoms with Crippen molar-refractivity contribution in [3.8, 4) is 6.01 Å². The summed E-state index contributed by atoms with van der Waals surface area (Å²) in [6.45, 7) is 2.84. The quantitative estimate of drug-likeness (QED) is 0.303. The molecule has 0 unspecified atom stereocenters. The number of unbranched alkanes of at least 4 members (excludes halogenated alkanes) is 2. The van der Waals surface area contributed by atoms with Crippen LogP contribution in [-0.4, -0.2) is 24.6 Å². The van der Waals surface area contributed by atoms with Gasteiger partial charge in [0.2, 0.25) is 0 Å². The molecule has 0 aliphatic carbocycles. The fourth-order valence-electron chi connectivity index (χ4n) is 1.64. The van der Waals surface area contributed by atoms with Crippen LogP contribution >= 0.6 is 11.6 Å². The van der Waals surface area contributed by atoms with Crippen molar-refractivity contribution < 1.29 is 17.2 Å². The van der Waals surface area contributed by atoms with Crippen molar-refractivity contribution in [1.29, 1.82) is 0 Å². The topological polar surface area (TPSA) is 52.2 Å². The highest BCUT2D eigenvalue weighted by atomic mass is 35.5. The van der Waals surface area contributed by atoms with Crippen LogP contribution in [0.2, 0.25) is 0 Å². The molecule has 0 aliphatic heterocycles. The molecule has 0 saturated heterocycles. The van der Waals surface area contributed by atoms with E-state index < -0.39 is 10.1 Å². The summed E-state index contributed by atoms with van der Waals surface area (Å²) in [6.07, 6.45) is 6.85. The fourth-order valence-corrected chi connectivity index (χ4v) is 2.91. The van der Waals surface area contributed by atoms with E-state index in [1.165, 1.54) is 0 Å². The Balaban J connectivity index is 2.72. The van der Waals surface area contributed by atoms with Gasteiger partial charge in [-0.2, -0.15) is 17.6 Å². The van der Waals surface area contributed by atoms with Gasteiger partial charge in [0.25, 0.3) is 0 Å². The van der Waals surface area contributed by atoms with Crippen molar-refractivity contribution >= 4 is 21.7 Å². The van der Waals surface area contributed by atoms with E-state index in [9.17, 15) is 8.42 Å². The van der Waals surface area contributed by atoms with Crippen LogP contribution < -0.4 is 8.75 Å². The Morgan fingerprint density at radius 1 is 1.37 bits per heavy atom. The molecule has 110 valence electrons. The largest absolute Gasteiger partial charge is 0.471 e. The van der Waals surface area contributed by atoms with Gasteiger partial charge in [0.15, 0.2) is 0 Å². The van der Waals surface area contributed by atoms with Crippen molar-refractivity contribution in [2.45, 2.75) is 39.2 Å². The third-order valence-corrected chi connectivity index (χ3v) is 4.21. The van der Waals surface area contributed by atoms with Crippen molar-refractivity contribution in [2.75, 3.05) is 11.6 Å². The minimum absolute atomic E-state index is 0.00131. The maximum absolute atomic E-state index is 11.9. The lowest BCUT2D eigenvalue weighted by Crippen LogP contribution is -2.31. The number of aromatic nitrogens is 2. The molecule has 0 spiro atoms. The Kier molecular flexibility index (Phi) is 6.65. The molecule has 1 heterocycles. The van der Waals surface area contributed by atoms with Gasteiger partial charge in [0.1, 0.15) is 12.4 Å². The minimum Gasteiger partial charge on any atom is -0.308 e. The van der Waals surface area contributed by atoms with Gasteiger partial charge in [-0.05, 0) is 19.3 Å². The number of alkyl halides is 1. The van der Waals surface area contributed by atoms with Crippen LogP contribution in [0.4, 0.5) is 0 Å². The molecule has 0 fully saturated rings. The first-order valence-electron chi connectivity index (χ1n) is 6.53. The van der Waals surface area contributed by atoms with Crippen LogP contribution in [0.5, 0.6) is 6.01 Å². The number of halogens is 1. The Morgan fingerprint density at radius 2 is 2.11 bits per heavy atom. The molecule has 0 amide bonds. The lowest BCUT2D eigenvalue weighted by molar-refractivity contribution is -0.674. The molecule has 1 aromatic rings. The first kappa shape index (κ1) is 16.3. The van der Waals surface area contributed by atoms with Crippen molar-refractivity contribution in [3.63, 3.8) is 0 Å². The van der Waals surface area contributed by atoms with Gasteiger partial charge in [0, 0.05) is 5.88 Å². The predicted molar refractivity (Wildman–Crippen MR) is 74.9 cm³/mol. The van der Waals surface area contributed by atoms with E-state index in [1.807, 2.05) is 10.8 Å². The second-order valence-corrected chi connectivity index (χ2v) is 6.55. The summed E-state index contributed by atoms with van der Waals surface area (Å²) in [7, 11) is -1.78. The molecule has 0 aromatic carbocycles. The van der Waals surface area contributed by atoms with Gasteiger partial charge in [-0.3, -0.25) is 0 Å². The Labute approximate surface area is 120 Å². The number of rotatable bonds is 9. The molecular weight excluding hydrogens is 288 g/mol. The van der Waals surface area contributed by atoms with E-state index >= 15 is 0 Å². The van der Waals surface area contributed by atoms with Gasteiger partial charge in [-0.25, -0.2) is 0 Å². The van der Waals surface area contributed by atoms with Gasteiger partial charge in [-0.15, -0.1) is 11.6 Å². The number of aryl methyl sites for hydroxylation is 2. The van der Waals surface area contributed by atoms with Crippen molar-refractivity contribution in [2.24, 2.45) is 7.05 Å². The lowest BCUT2D eigenvalue weighted by atomic mass is 10.3. The van der Waals surface area contributed by atoms with Crippen LogP contribution in [0.15, 0.2) is 12.4 Å². The molecule has 5 nitrogen and oxygen atoms in total. The highest BCUT2D eigenvalue weighted by Gasteiger charge is 2.23. The molecule has 1 aromatic heterocycles. The summed E-state index contributed by atoms with van der Waals surface area (Å²) >= 11 is 5.54. The Morgan fingerprint density at radius 3 is 2.74 bits per heavy atom. The minimum atomic E-state index is -3.55. The summed E-state index contributed by atoms with van der Waals surface area (Å²) < 4.78 is 32.4. The van der Waals surface area contributed by atoms with Crippen LogP contribution in [0, 0.1) is 0 Å². The highest BCUT2D eigenvalue weighted by Crippen LogP contribution is 2.11. The summed E-state index contributed by atoms with van der Waals surface area (Å²) in [6, 6.07) is 0.360. The third kappa shape index (κ3) is 5.40. The maximum atomic E-state index is 11.9. The van der Waals surface area contributed by atoms with Gasteiger partial charge < -0.3 is 4.18 Å².